The highest BCUT2D eigenvalue weighted by Crippen LogP contribution is 2.14. The summed E-state index contributed by atoms with van der Waals surface area (Å²) in [6.45, 7) is 7.73. The average molecular weight is 233 g/mol. The van der Waals surface area contributed by atoms with Gasteiger partial charge in [-0.1, -0.05) is 44.2 Å². The Bertz CT molecular complexity index is 330. The van der Waals surface area contributed by atoms with E-state index >= 15 is 0 Å². The number of rotatable bonds is 6. The molecule has 1 amide bonds. The summed E-state index contributed by atoms with van der Waals surface area (Å²) in [7, 11) is 0. The molecule has 0 aliphatic carbocycles. The molecular formula is C15H23NO. The summed E-state index contributed by atoms with van der Waals surface area (Å²) in [6.07, 6.45) is 1.86. The molecule has 94 valence electrons. The lowest BCUT2D eigenvalue weighted by Gasteiger charge is -2.25. The summed E-state index contributed by atoms with van der Waals surface area (Å²) in [5.41, 5.74) is 1.20. The van der Waals surface area contributed by atoms with E-state index in [0.717, 1.165) is 25.9 Å². The molecule has 0 radical (unpaired) electrons. The number of hydrogen-bond acceptors (Lipinski definition) is 1. The lowest BCUT2D eigenvalue weighted by molar-refractivity contribution is -0.136. The second kappa shape index (κ2) is 7.10. The van der Waals surface area contributed by atoms with E-state index in [4.69, 9.17) is 0 Å². The third-order valence-electron chi connectivity index (χ3n) is 3.24. The molecule has 1 aromatic carbocycles. The van der Waals surface area contributed by atoms with Gasteiger partial charge in [0.15, 0.2) is 0 Å². The highest BCUT2D eigenvalue weighted by Gasteiger charge is 2.20. The van der Waals surface area contributed by atoms with Crippen molar-refractivity contribution < 1.29 is 4.79 Å². The second-order valence-electron chi connectivity index (χ2n) is 4.35. The van der Waals surface area contributed by atoms with Crippen LogP contribution in [0.15, 0.2) is 30.3 Å². The predicted octanol–water partition coefficient (Wildman–Crippen LogP) is 3.47. The zero-order valence-corrected chi connectivity index (χ0v) is 11.1. The Morgan fingerprint density at radius 1 is 1.12 bits per heavy atom. The van der Waals surface area contributed by atoms with Crippen LogP contribution in [0.25, 0.3) is 0 Å². The van der Waals surface area contributed by atoms with Crippen molar-refractivity contribution >= 4 is 5.91 Å². The fraction of sp³-hybridized carbons (Fsp3) is 0.533. The highest BCUT2D eigenvalue weighted by atomic mass is 16.2. The number of carbonyl (C=O) groups excluding carboxylic acids is 1. The van der Waals surface area contributed by atoms with E-state index in [9.17, 15) is 4.79 Å². The number of nitrogens with zero attached hydrogens (tertiary/aromatic N) is 1. The molecule has 0 saturated heterocycles. The average Bonchev–Trinajstić information content (AvgIpc) is 2.38. The molecule has 0 spiro atoms. The molecular weight excluding hydrogens is 210 g/mol. The van der Waals surface area contributed by atoms with Gasteiger partial charge < -0.3 is 4.90 Å². The molecule has 0 N–H and O–H groups in total. The van der Waals surface area contributed by atoms with Gasteiger partial charge in [-0.05, 0) is 25.3 Å². The fourth-order valence-electron chi connectivity index (χ4n) is 2.05. The van der Waals surface area contributed by atoms with Crippen LogP contribution in [-0.2, 0) is 11.3 Å². The summed E-state index contributed by atoms with van der Waals surface area (Å²) in [4.78, 5) is 14.2. The van der Waals surface area contributed by atoms with Gasteiger partial charge in [0.1, 0.15) is 0 Å². The van der Waals surface area contributed by atoms with Crippen molar-refractivity contribution in [1.82, 2.24) is 4.90 Å². The van der Waals surface area contributed by atoms with E-state index < -0.39 is 0 Å². The van der Waals surface area contributed by atoms with Gasteiger partial charge in [-0.2, -0.15) is 0 Å². The summed E-state index contributed by atoms with van der Waals surface area (Å²) in [5, 5.41) is 0. The van der Waals surface area contributed by atoms with Gasteiger partial charge in [-0.25, -0.2) is 0 Å². The van der Waals surface area contributed by atoms with Gasteiger partial charge in [-0.15, -0.1) is 0 Å². The maximum atomic E-state index is 12.3. The molecule has 0 saturated carbocycles. The monoisotopic (exact) mass is 233 g/mol. The van der Waals surface area contributed by atoms with E-state index in [2.05, 4.69) is 26.0 Å². The van der Waals surface area contributed by atoms with Gasteiger partial charge in [0.2, 0.25) is 5.91 Å². The lowest BCUT2D eigenvalue weighted by atomic mass is 10.0. The number of benzene rings is 1. The Morgan fingerprint density at radius 2 is 1.71 bits per heavy atom. The van der Waals surface area contributed by atoms with Crippen molar-refractivity contribution in [3.63, 3.8) is 0 Å². The Balaban J connectivity index is 2.68. The number of carbonyl (C=O) groups is 1. The van der Waals surface area contributed by atoms with Crippen LogP contribution in [0.4, 0.5) is 0 Å². The second-order valence-corrected chi connectivity index (χ2v) is 4.35. The van der Waals surface area contributed by atoms with Crippen molar-refractivity contribution in [2.75, 3.05) is 6.54 Å². The van der Waals surface area contributed by atoms with Gasteiger partial charge in [-0.3, -0.25) is 4.79 Å². The number of amides is 1. The minimum atomic E-state index is 0.179. The van der Waals surface area contributed by atoms with Crippen LogP contribution in [-0.4, -0.2) is 17.4 Å². The van der Waals surface area contributed by atoms with E-state index in [0.29, 0.717) is 5.91 Å². The Morgan fingerprint density at radius 3 is 2.18 bits per heavy atom. The molecule has 0 atom stereocenters. The van der Waals surface area contributed by atoms with Crippen molar-refractivity contribution in [3.05, 3.63) is 35.9 Å². The van der Waals surface area contributed by atoms with Gasteiger partial charge >= 0.3 is 0 Å². The highest BCUT2D eigenvalue weighted by molar-refractivity contribution is 5.78. The molecule has 1 aromatic rings. The molecule has 2 heteroatoms. The van der Waals surface area contributed by atoms with Crippen LogP contribution in [0.2, 0.25) is 0 Å². The normalized spacial score (nSPS) is 10.6. The topological polar surface area (TPSA) is 20.3 Å². The number of hydrogen-bond donors (Lipinski definition) is 0. The third-order valence-corrected chi connectivity index (χ3v) is 3.24. The maximum absolute atomic E-state index is 12.3. The fourth-order valence-corrected chi connectivity index (χ4v) is 2.05. The largest absolute Gasteiger partial charge is 0.338 e. The van der Waals surface area contributed by atoms with E-state index in [1.165, 1.54) is 5.56 Å². The zero-order valence-electron chi connectivity index (χ0n) is 11.1. The minimum absolute atomic E-state index is 0.179. The van der Waals surface area contributed by atoms with E-state index in [1.54, 1.807) is 0 Å². The molecule has 0 fully saturated rings. The first-order valence-electron chi connectivity index (χ1n) is 6.55. The summed E-state index contributed by atoms with van der Waals surface area (Å²) >= 11 is 0. The smallest absolute Gasteiger partial charge is 0.225 e. The van der Waals surface area contributed by atoms with Crippen LogP contribution in [0.1, 0.15) is 39.2 Å². The van der Waals surface area contributed by atoms with Crippen molar-refractivity contribution in [3.8, 4) is 0 Å². The molecule has 17 heavy (non-hydrogen) atoms. The van der Waals surface area contributed by atoms with Crippen molar-refractivity contribution in [2.45, 2.75) is 40.2 Å². The quantitative estimate of drug-likeness (QED) is 0.736. The van der Waals surface area contributed by atoms with Crippen molar-refractivity contribution in [1.29, 1.82) is 0 Å². The summed E-state index contributed by atoms with van der Waals surface area (Å²) < 4.78 is 0. The first kappa shape index (κ1) is 13.8. The first-order valence-corrected chi connectivity index (χ1v) is 6.55. The SMILES string of the molecule is CCC(CC)C(=O)N(CC)Cc1ccccc1. The zero-order chi connectivity index (χ0) is 12.7. The minimum Gasteiger partial charge on any atom is -0.338 e. The van der Waals surface area contributed by atoms with E-state index in [-0.39, 0.29) is 5.92 Å². The van der Waals surface area contributed by atoms with Crippen LogP contribution in [0.5, 0.6) is 0 Å². The lowest BCUT2D eigenvalue weighted by Crippen LogP contribution is -2.35. The van der Waals surface area contributed by atoms with Crippen LogP contribution in [0.3, 0.4) is 0 Å². The van der Waals surface area contributed by atoms with Crippen LogP contribution in [0, 0.1) is 5.92 Å². The van der Waals surface area contributed by atoms with Gasteiger partial charge in [0, 0.05) is 19.0 Å². The Labute approximate surface area is 105 Å². The third kappa shape index (κ3) is 3.88. The molecule has 0 aromatic heterocycles. The predicted molar refractivity (Wildman–Crippen MR) is 71.6 cm³/mol. The molecule has 2 nitrogen and oxygen atoms in total. The summed E-state index contributed by atoms with van der Waals surface area (Å²) in [5.74, 6) is 0.472. The molecule has 0 unspecified atom stereocenters. The first-order chi connectivity index (χ1) is 8.22. The Kier molecular flexibility index (Phi) is 5.75. The van der Waals surface area contributed by atoms with Crippen molar-refractivity contribution in [2.24, 2.45) is 5.92 Å². The van der Waals surface area contributed by atoms with E-state index in [1.807, 2.05) is 30.0 Å². The molecule has 0 bridgehead atoms. The summed E-state index contributed by atoms with van der Waals surface area (Å²) in [6, 6.07) is 10.2. The molecule has 1 rings (SSSR count). The Hall–Kier alpha value is -1.31. The maximum Gasteiger partial charge on any atom is 0.225 e. The standard InChI is InChI=1S/C15H23NO/c1-4-14(5-2)15(17)16(6-3)12-13-10-8-7-9-11-13/h7-11,14H,4-6,12H2,1-3H3. The molecule has 0 heterocycles. The van der Waals surface area contributed by atoms with Crippen LogP contribution >= 0.6 is 0 Å². The van der Waals surface area contributed by atoms with Gasteiger partial charge in [0.05, 0.1) is 0 Å². The van der Waals surface area contributed by atoms with Crippen LogP contribution < -0.4 is 0 Å². The molecule has 0 aliphatic rings. The van der Waals surface area contributed by atoms with Gasteiger partial charge in [0.25, 0.3) is 0 Å². The molecule has 0 aliphatic heterocycles.